The zero-order chi connectivity index (χ0) is 22.7. The monoisotopic (exact) mass is 468 g/mol. The molecule has 0 N–H and O–H groups in total. The molecule has 2 aromatic carbocycles. The molecule has 0 saturated heterocycles. The molecule has 0 bridgehead atoms. The number of aromatic nitrogens is 1. The topological polar surface area (TPSA) is 80.5 Å². The molecule has 0 aliphatic carbocycles. The van der Waals surface area contributed by atoms with E-state index >= 15 is 0 Å². The smallest absolute Gasteiger partial charge is 0.230 e. The number of carbonyl (C=O) groups is 1. The quantitative estimate of drug-likeness (QED) is 0.362. The van der Waals surface area contributed by atoms with Crippen LogP contribution in [0.25, 0.3) is 10.2 Å². The van der Waals surface area contributed by atoms with Gasteiger partial charge in [0.25, 0.3) is 0 Å². The largest absolute Gasteiger partial charge is 0.467 e. The maximum absolute atomic E-state index is 13.2. The van der Waals surface area contributed by atoms with E-state index in [1.54, 1.807) is 42.7 Å². The Labute approximate surface area is 191 Å². The third kappa shape index (κ3) is 5.08. The van der Waals surface area contributed by atoms with E-state index < -0.39 is 9.84 Å². The highest BCUT2D eigenvalue weighted by atomic mass is 32.2. The van der Waals surface area contributed by atoms with Crippen LogP contribution < -0.4 is 4.90 Å². The first-order chi connectivity index (χ1) is 15.3. The van der Waals surface area contributed by atoms with Crippen molar-refractivity contribution in [2.24, 2.45) is 0 Å². The first-order valence-electron chi connectivity index (χ1n) is 10.3. The second-order valence-corrected chi connectivity index (χ2v) is 10.9. The van der Waals surface area contributed by atoms with Crippen molar-refractivity contribution in [3.05, 3.63) is 83.3 Å². The van der Waals surface area contributed by atoms with Gasteiger partial charge in [-0.1, -0.05) is 47.7 Å². The summed E-state index contributed by atoms with van der Waals surface area (Å²) >= 11 is 1.42. The van der Waals surface area contributed by atoms with E-state index in [0.717, 1.165) is 21.3 Å². The highest BCUT2D eigenvalue weighted by Gasteiger charge is 2.24. The van der Waals surface area contributed by atoms with Gasteiger partial charge in [0.05, 0.1) is 34.5 Å². The number of fused-ring (bicyclic) bond motifs is 1. The molecule has 2 aromatic heterocycles. The number of benzene rings is 2. The molecule has 4 aromatic rings. The minimum atomic E-state index is -3.43. The highest BCUT2D eigenvalue weighted by Crippen LogP contribution is 2.33. The molecular formula is C24H24N2O4S2. The third-order valence-corrected chi connectivity index (χ3v) is 8.00. The van der Waals surface area contributed by atoms with E-state index in [9.17, 15) is 13.2 Å². The maximum Gasteiger partial charge on any atom is 0.230 e. The summed E-state index contributed by atoms with van der Waals surface area (Å²) in [5.41, 5.74) is 3.77. The van der Waals surface area contributed by atoms with Gasteiger partial charge in [-0.3, -0.25) is 9.69 Å². The number of rotatable bonds is 8. The Morgan fingerprint density at radius 3 is 2.56 bits per heavy atom. The molecule has 0 fully saturated rings. The van der Waals surface area contributed by atoms with E-state index in [2.05, 4.69) is 0 Å². The van der Waals surface area contributed by atoms with Crippen LogP contribution in [0.2, 0.25) is 0 Å². The number of aryl methyl sites for hydroxylation is 2. The molecule has 4 rings (SSSR count). The van der Waals surface area contributed by atoms with Crippen LogP contribution in [-0.2, 0) is 26.9 Å². The molecule has 0 saturated carbocycles. The van der Waals surface area contributed by atoms with Crippen molar-refractivity contribution >= 4 is 42.4 Å². The Hall–Kier alpha value is -2.97. The molecule has 2 heterocycles. The van der Waals surface area contributed by atoms with Crippen LogP contribution in [0.5, 0.6) is 0 Å². The fraction of sp³-hybridized carbons (Fsp3) is 0.250. The van der Waals surface area contributed by atoms with Crippen LogP contribution in [0.15, 0.2) is 65.3 Å². The molecule has 0 atom stereocenters. The molecule has 166 valence electrons. The summed E-state index contributed by atoms with van der Waals surface area (Å²) < 4.78 is 31.6. The van der Waals surface area contributed by atoms with E-state index in [0.29, 0.717) is 16.5 Å². The summed E-state index contributed by atoms with van der Waals surface area (Å²) in [6.07, 6.45) is 1.43. The SMILES string of the molecule is Cc1ccc2sc(N(Cc3ccco3)C(=O)CCS(=O)(=O)Cc3ccccc3)nc2c1C. The summed E-state index contributed by atoms with van der Waals surface area (Å²) in [6.45, 7) is 4.23. The predicted octanol–water partition coefficient (Wildman–Crippen LogP) is 5.04. The van der Waals surface area contributed by atoms with Gasteiger partial charge in [0.15, 0.2) is 15.0 Å². The van der Waals surface area contributed by atoms with Gasteiger partial charge in [-0.15, -0.1) is 0 Å². The number of furan rings is 1. The predicted molar refractivity (Wildman–Crippen MR) is 128 cm³/mol. The number of hydrogen-bond acceptors (Lipinski definition) is 6. The van der Waals surface area contributed by atoms with E-state index in [4.69, 9.17) is 9.40 Å². The van der Waals surface area contributed by atoms with E-state index in [1.165, 1.54) is 16.2 Å². The lowest BCUT2D eigenvalue weighted by Gasteiger charge is -2.18. The molecule has 0 aliphatic heterocycles. The van der Waals surface area contributed by atoms with Crippen LogP contribution in [0.3, 0.4) is 0 Å². The molecule has 6 nitrogen and oxygen atoms in total. The number of sulfone groups is 1. The number of carbonyl (C=O) groups excluding carboxylic acids is 1. The normalized spacial score (nSPS) is 11.7. The Bertz CT molecular complexity index is 1330. The zero-order valence-electron chi connectivity index (χ0n) is 17.9. The number of anilines is 1. The molecule has 32 heavy (non-hydrogen) atoms. The van der Waals surface area contributed by atoms with E-state index in [-0.39, 0.29) is 30.4 Å². The summed E-state index contributed by atoms with van der Waals surface area (Å²) in [6, 6.07) is 16.6. The van der Waals surface area contributed by atoms with Crippen LogP contribution in [0, 0.1) is 13.8 Å². The van der Waals surface area contributed by atoms with Crippen molar-refractivity contribution in [3.8, 4) is 0 Å². The fourth-order valence-corrected chi connectivity index (χ4v) is 5.80. The van der Waals surface area contributed by atoms with Gasteiger partial charge in [-0.25, -0.2) is 13.4 Å². The van der Waals surface area contributed by atoms with Crippen molar-refractivity contribution < 1.29 is 17.6 Å². The van der Waals surface area contributed by atoms with Crippen LogP contribution in [0.4, 0.5) is 5.13 Å². The lowest BCUT2D eigenvalue weighted by Crippen LogP contribution is -2.31. The minimum absolute atomic E-state index is 0.0844. The molecule has 0 unspecified atom stereocenters. The number of hydrogen-bond donors (Lipinski definition) is 0. The van der Waals surface area contributed by atoms with Gasteiger partial charge in [0, 0.05) is 6.42 Å². The zero-order valence-corrected chi connectivity index (χ0v) is 19.6. The summed E-state index contributed by atoms with van der Waals surface area (Å²) in [4.78, 5) is 19.4. The van der Waals surface area contributed by atoms with Crippen molar-refractivity contribution in [2.75, 3.05) is 10.7 Å². The molecule has 8 heteroatoms. The molecule has 0 spiro atoms. The van der Waals surface area contributed by atoms with Crippen molar-refractivity contribution in [2.45, 2.75) is 32.6 Å². The van der Waals surface area contributed by atoms with Crippen LogP contribution in [0.1, 0.15) is 28.9 Å². The fourth-order valence-electron chi connectivity index (χ4n) is 3.43. The highest BCUT2D eigenvalue weighted by molar-refractivity contribution is 7.90. The summed E-state index contributed by atoms with van der Waals surface area (Å²) in [5.74, 6) is 0.00116. The third-order valence-electron chi connectivity index (χ3n) is 5.36. The Morgan fingerprint density at radius 2 is 1.84 bits per heavy atom. The Morgan fingerprint density at radius 1 is 1.06 bits per heavy atom. The summed E-state index contributed by atoms with van der Waals surface area (Å²) in [5, 5.41) is 0.538. The maximum atomic E-state index is 13.2. The van der Waals surface area contributed by atoms with E-state index in [1.807, 2.05) is 32.0 Å². The average molecular weight is 469 g/mol. The number of thiazole rings is 1. The van der Waals surface area contributed by atoms with Crippen LogP contribution >= 0.6 is 11.3 Å². The second kappa shape index (κ2) is 9.26. The van der Waals surface area contributed by atoms with Gasteiger partial charge in [0.2, 0.25) is 5.91 Å². The van der Waals surface area contributed by atoms with Crippen molar-refractivity contribution in [3.63, 3.8) is 0 Å². The van der Waals surface area contributed by atoms with Crippen molar-refractivity contribution in [1.82, 2.24) is 4.98 Å². The Balaban J connectivity index is 1.56. The van der Waals surface area contributed by atoms with Gasteiger partial charge >= 0.3 is 0 Å². The lowest BCUT2D eigenvalue weighted by molar-refractivity contribution is -0.118. The first-order valence-corrected chi connectivity index (χ1v) is 12.9. The van der Waals surface area contributed by atoms with Crippen molar-refractivity contribution in [1.29, 1.82) is 0 Å². The average Bonchev–Trinajstić information content (AvgIpc) is 3.43. The molecule has 0 radical (unpaired) electrons. The van der Waals surface area contributed by atoms with Gasteiger partial charge < -0.3 is 4.42 Å². The molecular weight excluding hydrogens is 444 g/mol. The Kier molecular flexibility index (Phi) is 6.43. The molecule has 1 amide bonds. The lowest BCUT2D eigenvalue weighted by atomic mass is 10.1. The second-order valence-electron chi connectivity index (χ2n) is 7.74. The van der Waals surface area contributed by atoms with Gasteiger partial charge in [-0.2, -0.15) is 0 Å². The van der Waals surface area contributed by atoms with Gasteiger partial charge in [-0.05, 0) is 48.7 Å². The molecule has 0 aliphatic rings. The van der Waals surface area contributed by atoms with Gasteiger partial charge in [0.1, 0.15) is 5.76 Å². The standard InChI is InChI=1S/C24H24N2O4S2/c1-17-10-11-21-23(18(17)2)25-24(31-21)26(15-20-9-6-13-30-20)22(27)12-14-32(28,29)16-19-7-4-3-5-8-19/h3-11,13H,12,14-16H2,1-2H3. The number of nitrogens with zero attached hydrogens (tertiary/aromatic N) is 2. The minimum Gasteiger partial charge on any atom is -0.467 e. The first kappa shape index (κ1) is 22.2. The van der Waals surface area contributed by atoms with Crippen LogP contribution in [-0.4, -0.2) is 25.1 Å². The summed E-state index contributed by atoms with van der Waals surface area (Å²) in [7, 11) is -3.43. The number of amides is 1.